The van der Waals surface area contributed by atoms with Crippen molar-refractivity contribution >= 4 is 11.7 Å². The number of hydrogen-bond donors (Lipinski definition) is 2. The number of carbonyl (C=O) groups excluding carboxylic acids is 1. The molecule has 1 amide bonds. The van der Waals surface area contributed by atoms with Crippen molar-refractivity contribution in [1.82, 2.24) is 10.3 Å². The summed E-state index contributed by atoms with van der Waals surface area (Å²) in [6.07, 6.45) is 6.17. The number of allylic oxidation sites excluding steroid dienone is 1. The van der Waals surface area contributed by atoms with Crippen molar-refractivity contribution in [3.8, 4) is 5.75 Å². The average Bonchev–Trinajstić information content (AvgIpc) is 2.59. The second kappa shape index (κ2) is 8.67. The quantitative estimate of drug-likeness (QED) is 0.765. The molecule has 5 nitrogen and oxygen atoms in total. The first-order chi connectivity index (χ1) is 11.6. The van der Waals surface area contributed by atoms with Gasteiger partial charge in [-0.05, 0) is 24.6 Å². The van der Waals surface area contributed by atoms with Gasteiger partial charge >= 0.3 is 0 Å². The van der Waals surface area contributed by atoms with Crippen LogP contribution in [0.2, 0.25) is 0 Å². The molecule has 0 aliphatic carbocycles. The summed E-state index contributed by atoms with van der Waals surface area (Å²) in [5, 5.41) is 2.63. The van der Waals surface area contributed by atoms with Gasteiger partial charge < -0.3 is 15.8 Å². The molecule has 0 unspecified atom stereocenters. The Kier molecular flexibility index (Phi) is 6.31. The Bertz CT molecular complexity index is 732. The Morgan fingerprint density at radius 1 is 1.33 bits per heavy atom. The number of nitrogens with one attached hydrogen (secondary N) is 1. The molecule has 0 saturated heterocycles. The topological polar surface area (TPSA) is 77.2 Å². The van der Waals surface area contributed by atoms with Gasteiger partial charge in [0.2, 0.25) is 0 Å². The van der Waals surface area contributed by atoms with E-state index >= 15 is 0 Å². The van der Waals surface area contributed by atoms with E-state index in [2.05, 4.69) is 10.3 Å². The number of anilines is 1. The van der Waals surface area contributed by atoms with Gasteiger partial charge in [-0.25, -0.2) is 9.37 Å². The zero-order chi connectivity index (χ0) is 17.4. The number of nitrogen functional groups attached to an aromatic ring is 1. The Balaban J connectivity index is 2.01. The molecule has 3 N–H and O–H groups in total. The van der Waals surface area contributed by atoms with E-state index in [1.54, 1.807) is 30.3 Å². The van der Waals surface area contributed by atoms with E-state index in [9.17, 15) is 9.18 Å². The van der Waals surface area contributed by atoms with Gasteiger partial charge in [-0.1, -0.05) is 31.2 Å². The van der Waals surface area contributed by atoms with Crippen LogP contribution < -0.4 is 15.8 Å². The molecule has 1 aromatic heterocycles. The minimum Gasteiger partial charge on any atom is -0.486 e. The highest BCUT2D eigenvalue weighted by atomic mass is 19.1. The summed E-state index contributed by atoms with van der Waals surface area (Å²) in [6, 6.07) is 8.01. The molecule has 2 aromatic rings. The van der Waals surface area contributed by atoms with E-state index in [-0.39, 0.29) is 23.7 Å². The van der Waals surface area contributed by atoms with Gasteiger partial charge in [0, 0.05) is 18.3 Å². The van der Waals surface area contributed by atoms with Crippen molar-refractivity contribution in [3.63, 3.8) is 0 Å². The monoisotopic (exact) mass is 329 g/mol. The zero-order valence-corrected chi connectivity index (χ0v) is 13.5. The highest BCUT2D eigenvalue weighted by Gasteiger charge is 2.13. The average molecular weight is 329 g/mol. The third-order valence-corrected chi connectivity index (χ3v) is 3.30. The van der Waals surface area contributed by atoms with Gasteiger partial charge in [0.15, 0.2) is 11.6 Å². The number of benzene rings is 1. The lowest BCUT2D eigenvalue weighted by molar-refractivity contribution is 0.0951. The van der Waals surface area contributed by atoms with E-state index in [0.29, 0.717) is 12.2 Å². The number of aromatic nitrogens is 1. The Hall–Kier alpha value is -2.89. The van der Waals surface area contributed by atoms with Crippen LogP contribution in [0.3, 0.4) is 0 Å². The molecule has 0 spiro atoms. The number of rotatable bonds is 7. The molecular formula is C18H20FN3O2. The molecule has 6 heteroatoms. The van der Waals surface area contributed by atoms with Gasteiger partial charge in [-0.2, -0.15) is 0 Å². The first kappa shape index (κ1) is 17.5. The number of halogens is 1. The molecule has 0 atom stereocenters. The van der Waals surface area contributed by atoms with E-state index in [1.165, 1.54) is 6.20 Å². The van der Waals surface area contributed by atoms with Crippen LogP contribution in [0.25, 0.3) is 0 Å². The van der Waals surface area contributed by atoms with Crippen LogP contribution in [0.15, 0.2) is 48.7 Å². The van der Waals surface area contributed by atoms with Crippen LogP contribution in [0, 0.1) is 5.82 Å². The Morgan fingerprint density at radius 2 is 2.17 bits per heavy atom. The van der Waals surface area contributed by atoms with E-state index in [1.807, 2.05) is 19.1 Å². The molecular weight excluding hydrogens is 309 g/mol. The summed E-state index contributed by atoms with van der Waals surface area (Å²) in [5.74, 6) is -0.599. The van der Waals surface area contributed by atoms with Gasteiger partial charge in [-0.15, -0.1) is 0 Å². The van der Waals surface area contributed by atoms with Gasteiger partial charge in [-0.3, -0.25) is 4.79 Å². The van der Waals surface area contributed by atoms with Crippen molar-refractivity contribution in [3.05, 3.63) is 65.6 Å². The number of amides is 1. The zero-order valence-electron chi connectivity index (χ0n) is 13.5. The molecule has 1 aromatic carbocycles. The summed E-state index contributed by atoms with van der Waals surface area (Å²) >= 11 is 0. The predicted molar refractivity (Wildman–Crippen MR) is 91.1 cm³/mol. The molecule has 0 radical (unpaired) electrons. The number of nitrogens with zero attached hydrogens (tertiary/aromatic N) is 1. The molecule has 0 saturated carbocycles. The highest BCUT2D eigenvalue weighted by molar-refractivity contribution is 5.98. The SMILES string of the molecule is CC/C=C/COc1cccc(CNC(=O)c2cccnc2N)c1F. The van der Waals surface area contributed by atoms with E-state index in [0.717, 1.165) is 6.42 Å². The molecule has 0 fully saturated rings. The van der Waals surface area contributed by atoms with Crippen molar-refractivity contribution in [2.75, 3.05) is 12.3 Å². The lowest BCUT2D eigenvalue weighted by Crippen LogP contribution is -2.24. The fourth-order valence-electron chi connectivity index (χ4n) is 2.06. The normalized spacial score (nSPS) is 10.8. The lowest BCUT2D eigenvalue weighted by atomic mass is 10.2. The third kappa shape index (κ3) is 4.55. The second-order valence-electron chi connectivity index (χ2n) is 5.04. The van der Waals surface area contributed by atoms with Gasteiger partial charge in [0.25, 0.3) is 5.91 Å². The lowest BCUT2D eigenvalue weighted by Gasteiger charge is -2.10. The first-order valence-electron chi connectivity index (χ1n) is 7.67. The summed E-state index contributed by atoms with van der Waals surface area (Å²) in [4.78, 5) is 15.9. The molecule has 0 bridgehead atoms. The van der Waals surface area contributed by atoms with Crippen LogP contribution in [0.1, 0.15) is 29.3 Å². The largest absolute Gasteiger partial charge is 0.486 e. The minimum atomic E-state index is -0.484. The minimum absolute atomic E-state index is 0.0288. The third-order valence-electron chi connectivity index (χ3n) is 3.30. The summed E-state index contributed by atoms with van der Waals surface area (Å²) in [5.41, 5.74) is 6.25. The van der Waals surface area contributed by atoms with E-state index < -0.39 is 11.7 Å². The fraction of sp³-hybridized carbons (Fsp3) is 0.222. The number of hydrogen-bond acceptors (Lipinski definition) is 4. The summed E-state index contributed by atoms with van der Waals surface area (Å²) in [7, 11) is 0. The standard InChI is InChI=1S/C18H20FN3O2/c1-2-3-4-11-24-15-9-5-7-13(16(15)19)12-22-18(23)14-8-6-10-21-17(14)20/h3-10H,2,11-12H2,1H3,(H2,20,21)(H,22,23)/b4-3+. The van der Waals surface area contributed by atoms with Crippen LogP contribution in [0.4, 0.5) is 10.2 Å². The summed E-state index contributed by atoms with van der Waals surface area (Å²) < 4.78 is 19.8. The highest BCUT2D eigenvalue weighted by Crippen LogP contribution is 2.20. The van der Waals surface area contributed by atoms with Gasteiger partial charge in [0.05, 0.1) is 5.56 Å². The number of carbonyl (C=O) groups is 1. The number of ether oxygens (including phenoxy) is 1. The number of nitrogens with two attached hydrogens (primary N) is 1. The van der Waals surface area contributed by atoms with Crippen LogP contribution in [-0.4, -0.2) is 17.5 Å². The maximum atomic E-state index is 14.4. The van der Waals surface area contributed by atoms with Crippen molar-refractivity contribution < 1.29 is 13.9 Å². The smallest absolute Gasteiger partial charge is 0.255 e. The van der Waals surface area contributed by atoms with Crippen LogP contribution >= 0.6 is 0 Å². The van der Waals surface area contributed by atoms with Gasteiger partial charge in [0.1, 0.15) is 12.4 Å². The predicted octanol–water partition coefficient (Wildman–Crippen LogP) is 3.08. The van der Waals surface area contributed by atoms with Crippen LogP contribution in [-0.2, 0) is 6.54 Å². The first-order valence-corrected chi connectivity index (χ1v) is 7.67. The maximum Gasteiger partial charge on any atom is 0.255 e. The fourth-order valence-corrected chi connectivity index (χ4v) is 2.06. The molecule has 1 heterocycles. The van der Waals surface area contributed by atoms with Crippen molar-refractivity contribution in [2.45, 2.75) is 19.9 Å². The van der Waals surface area contributed by atoms with Crippen LogP contribution in [0.5, 0.6) is 5.75 Å². The second-order valence-corrected chi connectivity index (χ2v) is 5.04. The molecule has 0 aliphatic rings. The molecule has 24 heavy (non-hydrogen) atoms. The maximum absolute atomic E-state index is 14.4. The number of pyridine rings is 1. The Morgan fingerprint density at radius 3 is 2.92 bits per heavy atom. The Labute approximate surface area is 140 Å². The molecule has 126 valence electrons. The molecule has 0 aliphatic heterocycles. The van der Waals surface area contributed by atoms with Crippen molar-refractivity contribution in [1.29, 1.82) is 0 Å². The summed E-state index contributed by atoms with van der Waals surface area (Å²) in [6.45, 7) is 2.34. The van der Waals surface area contributed by atoms with Crippen molar-refractivity contribution in [2.24, 2.45) is 0 Å². The molecule has 2 rings (SSSR count). The van der Waals surface area contributed by atoms with E-state index in [4.69, 9.17) is 10.5 Å².